The van der Waals surface area contributed by atoms with Gasteiger partial charge in [0.05, 0.1) is 6.61 Å². The average Bonchev–Trinajstić information content (AvgIpc) is 2.43. The lowest BCUT2D eigenvalue weighted by molar-refractivity contribution is 0.306. The van der Waals surface area contributed by atoms with Gasteiger partial charge < -0.3 is 4.74 Å². The topological polar surface area (TPSA) is 9.23 Å². The maximum atomic E-state index is 13.1. The third-order valence-corrected chi connectivity index (χ3v) is 3.10. The molecule has 0 radical (unpaired) electrons. The molecule has 0 aromatic heterocycles. The van der Waals surface area contributed by atoms with Gasteiger partial charge in [0, 0.05) is 0 Å². The van der Waals surface area contributed by atoms with Gasteiger partial charge in [0.25, 0.3) is 0 Å². The van der Waals surface area contributed by atoms with Gasteiger partial charge in [0.15, 0.2) is 0 Å². The minimum Gasteiger partial charge on any atom is -0.494 e. The number of benzene rings is 2. The summed E-state index contributed by atoms with van der Waals surface area (Å²) in [5, 5.41) is 0. The van der Waals surface area contributed by atoms with Crippen molar-refractivity contribution in [2.75, 3.05) is 6.61 Å². The molecule has 0 fully saturated rings. The third kappa shape index (κ3) is 4.40. The monoisotopic (exact) mass is 258 g/mol. The molecule has 2 rings (SSSR count). The Hall–Kier alpha value is -1.83. The molecular weight excluding hydrogens is 239 g/mol. The molecular formula is C17H19FO. The lowest BCUT2D eigenvalue weighted by Gasteiger charge is -2.07. The Kier molecular flexibility index (Phi) is 4.96. The van der Waals surface area contributed by atoms with Gasteiger partial charge in [-0.25, -0.2) is 4.39 Å². The molecule has 0 aliphatic heterocycles. The predicted octanol–water partition coefficient (Wildman–Crippen LogP) is 4.54. The quantitative estimate of drug-likeness (QED) is 0.691. The highest BCUT2D eigenvalue weighted by Crippen LogP contribution is 2.16. The van der Waals surface area contributed by atoms with Gasteiger partial charge >= 0.3 is 0 Å². The highest BCUT2D eigenvalue weighted by Gasteiger charge is 1.99. The molecule has 2 heteroatoms. The van der Waals surface area contributed by atoms with Gasteiger partial charge in [0.1, 0.15) is 11.6 Å². The fourth-order valence-electron chi connectivity index (χ4n) is 1.97. The van der Waals surface area contributed by atoms with E-state index < -0.39 is 0 Å². The van der Waals surface area contributed by atoms with E-state index >= 15 is 0 Å². The molecule has 0 heterocycles. The summed E-state index contributed by atoms with van der Waals surface area (Å²) in [4.78, 5) is 0. The molecule has 2 aromatic carbocycles. The van der Waals surface area contributed by atoms with Crippen LogP contribution in [0.2, 0.25) is 0 Å². The van der Waals surface area contributed by atoms with Crippen molar-refractivity contribution in [2.45, 2.75) is 26.2 Å². The lowest BCUT2D eigenvalue weighted by atomic mass is 10.1. The molecule has 0 saturated heterocycles. The van der Waals surface area contributed by atoms with Crippen molar-refractivity contribution < 1.29 is 9.13 Å². The van der Waals surface area contributed by atoms with E-state index in [1.54, 1.807) is 19.1 Å². The number of hydrogen-bond acceptors (Lipinski definition) is 1. The van der Waals surface area contributed by atoms with Crippen molar-refractivity contribution in [1.82, 2.24) is 0 Å². The first-order valence-electron chi connectivity index (χ1n) is 6.68. The molecule has 2 aromatic rings. The van der Waals surface area contributed by atoms with Crippen molar-refractivity contribution in [1.29, 1.82) is 0 Å². The second-order valence-electron chi connectivity index (χ2n) is 4.70. The maximum Gasteiger partial charge on any atom is 0.126 e. The van der Waals surface area contributed by atoms with Crippen molar-refractivity contribution in [3.63, 3.8) is 0 Å². The summed E-state index contributed by atoms with van der Waals surface area (Å²) in [5.41, 5.74) is 1.99. The smallest absolute Gasteiger partial charge is 0.126 e. The van der Waals surface area contributed by atoms with Gasteiger partial charge in [-0.3, -0.25) is 0 Å². The zero-order valence-corrected chi connectivity index (χ0v) is 11.2. The van der Waals surface area contributed by atoms with Crippen LogP contribution in [0.15, 0.2) is 48.5 Å². The van der Waals surface area contributed by atoms with Crippen molar-refractivity contribution in [3.8, 4) is 5.75 Å². The van der Waals surface area contributed by atoms with Gasteiger partial charge in [0.2, 0.25) is 0 Å². The van der Waals surface area contributed by atoms with E-state index in [9.17, 15) is 4.39 Å². The highest BCUT2D eigenvalue weighted by molar-refractivity contribution is 5.28. The Morgan fingerprint density at radius 2 is 1.79 bits per heavy atom. The number of halogens is 1. The molecule has 0 aliphatic rings. The van der Waals surface area contributed by atoms with Crippen LogP contribution in [-0.2, 0) is 6.42 Å². The highest BCUT2D eigenvalue weighted by atomic mass is 19.1. The summed E-state index contributed by atoms with van der Waals surface area (Å²) in [6.45, 7) is 2.43. The molecule has 19 heavy (non-hydrogen) atoms. The summed E-state index contributed by atoms with van der Waals surface area (Å²) >= 11 is 0. The van der Waals surface area contributed by atoms with E-state index in [1.807, 2.05) is 6.07 Å². The Bertz CT molecular complexity index is 508. The Labute approximate surface area is 114 Å². The van der Waals surface area contributed by atoms with Crippen LogP contribution < -0.4 is 4.74 Å². The van der Waals surface area contributed by atoms with Crippen LogP contribution in [0.1, 0.15) is 24.0 Å². The van der Waals surface area contributed by atoms with Crippen LogP contribution >= 0.6 is 0 Å². The van der Waals surface area contributed by atoms with E-state index in [0.717, 1.165) is 25.0 Å². The number of unbranched alkanes of at least 4 members (excludes halogenated alkanes) is 1. The van der Waals surface area contributed by atoms with Crippen LogP contribution in [0, 0.1) is 12.7 Å². The molecule has 0 aliphatic carbocycles. The number of hydrogen-bond donors (Lipinski definition) is 0. The zero-order valence-electron chi connectivity index (χ0n) is 11.2. The second kappa shape index (κ2) is 6.93. The van der Waals surface area contributed by atoms with Crippen LogP contribution in [0.5, 0.6) is 5.75 Å². The SMILES string of the molecule is Cc1cc(OCCCCc2ccccc2)ccc1F. The normalized spacial score (nSPS) is 10.4. The van der Waals surface area contributed by atoms with E-state index in [1.165, 1.54) is 11.6 Å². The summed E-state index contributed by atoms with van der Waals surface area (Å²) in [6.07, 6.45) is 3.18. The van der Waals surface area contributed by atoms with Gasteiger partial charge in [-0.2, -0.15) is 0 Å². The van der Waals surface area contributed by atoms with Crippen LogP contribution in [0.3, 0.4) is 0 Å². The minimum absolute atomic E-state index is 0.184. The number of ether oxygens (including phenoxy) is 1. The molecule has 0 saturated carbocycles. The van der Waals surface area contributed by atoms with Crippen LogP contribution in [0.25, 0.3) is 0 Å². The summed E-state index contributed by atoms with van der Waals surface area (Å²) in [5.74, 6) is 0.565. The van der Waals surface area contributed by atoms with E-state index in [4.69, 9.17) is 4.74 Å². The molecule has 100 valence electrons. The fourth-order valence-corrected chi connectivity index (χ4v) is 1.97. The zero-order chi connectivity index (χ0) is 13.5. The molecule has 0 N–H and O–H groups in total. The summed E-state index contributed by atoms with van der Waals surface area (Å²) < 4.78 is 18.7. The maximum absolute atomic E-state index is 13.1. The third-order valence-electron chi connectivity index (χ3n) is 3.10. The number of rotatable bonds is 6. The van der Waals surface area contributed by atoms with Gasteiger partial charge in [-0.1, -0.05) is 30.3 Å². The lowest BCUT2D eigenvalue weighted by Crippen LogP contribution is -1.99. The molecule has 0 spiro atoms. The first-order valence-corrected chi connectivity index (χ1v) is 6.68. The molecule has 1 nitrogen and oxygen atoms in total. The number of aryl methyl sites for hydroxylation is 2. The molecule has 0 unspecified atom stereocenters. The standard InChI is InChI=1S/C17H19FO/c1-14-13-16(10-11-17(14)18)19-12-6-5-9-15-7-3-2-4-8-15/h2-4,7-8,10-11,13H,5-6,9,12H2,1H3. The minimum atomic E-state index is -0.184. The Balaban J connectivity index is 1.68. The van der Waals surface area contributed by atoms with Gasteiger partial charge in [-0.15, -0.1) is 0 Å². The van der Waals surface area contributed by atoms with Crippen LogP contribution in [0.4, 0.5) is 4.39 Å². The van der Waals surface area contributed by atoms with E-state index in [2.05, 4.69) is 24.3 Å². The Morgan fingerprint density at radius 1 is 1.00 bits per heavy atom. The largest absolute Gasteiger partial charge is 0.494 e. The fraction of sp³-hybridized carbons (Fsp3) is 0.294. The van der Waals surface area contributed by atoms with Gasteiger partial charge in [-0.05, 0) is 55.5 Å². The van der Waals surface area contributed by atoms with Crippen LogP contribution in [-0.4, -0.2) is 6.61 Å². The first-order chi connectivity index (χ1) is 9.25. The average molecular weight is 258 g/mol. The Morgan fingerprint density at radius 3 is 2.53 bits per heavy atom. The predicted molar refractivity (Wildman–Crippen MR) is 76.0 cm³/mol. The van der Waals surface area contributed by atoms with E-state index in [0.29, 0.717) is 12.2 Å². The van der Waals surface area contributed by atoms with Crippen molar-refractivity contribution in [2.24, 2.45) is 0 Å². The second-order valence-corrected chi connectivity index (χ2v) is 4.70. The van der Waals surface area contributed by atoms with E-state index in [-0.39, 0.29) is 5.82 Å². The molecule has 0 atom stereocenters. The molecule has 0 bridgehead atoms. The van der Waals surface area contributed by atoms with Crippen molar-refractivity contribution in [3.05, 3.63) is 65.5 Å². The summed E-state index contributed by atoms with van der Waals surface area (Å²) in [7, 11) is 0. The first kappa shape index (κ1) is 13.6. The summed E-state index contributed by atoms with van der Waals surface area (Å²) in [6, 6.07) is 15.3. The van der Waals surface area contributed by atoms with Crippen molar-refractivity contribution >= 4 is 0 Å². The molecule has 0 amide bonds.